The number of nitrogens with one attached hydrogen (secondary N) is 1. The Balaban J connectivity index is 1.80. The van der Waals surface area contributed by atoms with Crippen molar-refractivity contribution < 1.29 is 9.59 Å². The van der Waals surface area contributed by atoms with Crippen molar-refractivity contribution in [2.24, 2.45) is 0 Å². The molecule has 1 atom stereocenters. The van der Waals surface area contributed by atoms with Gasteiger partial charge in [-0.25, -0.2) is 0 Å². The first-order chi connectivity index (χ1) is 17.6. The van der Waals surface area contributed by atoms with Crippen LogP contribution in [0.4, 0.5) is 0 Å². The maximum absolute atomic E-state index is 13.7. The summed E-state index contributed by atoms with van der Waals surface area (Å²) >= 11 is 13.8. The molecule has 0 aliphatic heterocycles. The van der Waals surface area contributed by atoms with Gasteiger partial charge in [0, 0.05) is 39.9 Å². The van der Waals surface area contributed by atoms with Gasteiger partial charge in [-0.3, -0.25) is 9.59 Å². The second-order valence-electron chi connectivity index (χ2n) is 10.00. The van der Waals surface area contributed by atoms with Gasteiger partial charge in [0.05, 0.1) is 0 Å². The van der Waals surface area contributed by atoms with Crippen LogP contribution in [-0.4, -0.2) is 34.0 Å². The van der Waals surface area contributed by atoms with Crippen molar-refractivity contribution in [1.82, 2.24) is 10.2 Å². The highest BCUT2D eigenvalue weighted by Crippen LogP contribution is 2.23. The van der Waals surface area contributed by atoms with E-state index in [4.69, 9.17) is 23.2 Å². The van der Waals surface area contributed by atoms with Crippen LogP contribution in [0.5, 0.6) is 0 Å². The average Bonchev–Trinajstić information content (AvgIpc) is 2.85. The summed E-state index contributed by atoms with van der Waals surface area (Å²) in [6.07, 6.45) is 1.48. The first-order valence-corrected chi connectivity index (χ1v) is 14.1. The third-order valence-electron chi connectivity index (χ3n) is 5.65. The summed E-state index contributed by atoms with van der Waals surface area (Å²) in [4.78, 5) is 30.1. The number of carbonyl (C=O) groups is 2. The summed E-state index contributed by atoms with van der Waals surface area (Å²) in [6, 6.07) is 24.3. The third-order valence-corrected chi connectivity index (χ3v) is 7.26. The molecular weight excluding hydrogens is 523 g/mol. The van der Waals surface area contributed by atoms with Crippen LogP contribution < -0.4 is 5.32 Å². The number of halogens is 2. The minimum absolute atomic E-state index is 0.0448. The largest absolute Gasteiger partial charge is 0.350 e. The fraction of sp³-hybridized carbons (Fsp3) is 0.333. The predicted molar refractivity (Wildman–Crippen MR) is 155 cm³/mol. The molecule has 3 aromatic rings. The Hall–Kier alpha value is -2.47. The van der Waals surface area contributed by atoms with E-state index in [9.17, 15) is 9.59 Å². The van der Waals surface area contributed by atoms with E-state index < -0.39 is 11.6 Å². The van der Waals surface area contributed by atoms with Crippen molar-refractivity contribution in [3.8, 4) is 0 Å². The van der Waals surface area contributed by atoms with Crippen LogP contribution >= 0.6 is 35.0 Å². The highest BCUT2D eigenvalue weighted by atomic mass is 35.5. The topological polar surface area (TPSA) is 49.4 Å². The number of amides is 2. The van der Waals surface area contributed by atoms with E-state index >= 15 is 0 Å². The molecule has 3 aromatic carbocycles. The Labute approximate surface area is 234 Å². The molecule has 7 heteroatoms. The molecule has 0 saturated carbocycles. The van der Waals surface area contributed by atoms with Crippen LogP contribution in [0, 0.1) is 0 Å². The Morgan fingerprint density at radius 3 is 2.05 bits per heavy atom. The predicted octanol–water partition coefficient (Wildman–Crippen LogP) is 7.42. The van der Waals surface area contributed by atoms with Crippen LogP contribution in [0.25, 0.3) is 0 Å². The van der Waals surface area contributed by atoms with Gasteiger partial charge in [0.15, 0.2) is 0 Å². The van der Waals surface area contributed by atoms with Crippen LogP contribution in [0.2, 0.25) is 10.0 Å². The zero-order chi connectivity index (χ0) is 26.8. The van der Waals surface area contributed by atoms with Crippen LogP contribution in [0.1, 0.15) is 44.7 Å². The molecule has 0 fully saturated rings. The summed E-state index contributed by atoms with van der Waals surface area (Å²) in [5, 5.41) is 4.43. The fourth-order valence-electron chi connectivity index (χ4n) is 3.88. The van der Waals surface area contributed by atoms with Crippen molar-refractivity contribution in [3.05, 3.63) is 100 Å². The van der Waals surface area contributed by atoms with E-state index in [-0.39, 0.29) is 11.8 Å². The SMILES string of the molecule is CC(C)(C)NC(=O)C(Cc1ccccc1)N(Cc1ccc(Cl)cc1)C(=O)CCCSc1ccc(Cl)cc1. The molecule has 4 nitrogen and oxygen atoms in total. The zero-order valence-corrected chi connectivity index (χ0v) is 23.9. The smallest absolute Gasteiger partial charge is 0.243 e. The molecule has 2 amide bonds. The Morgan fingerprint density at radius 2 is 1.46 bits per heavy atom. The van der Waals surface area contributed by atoms with E-state index in [0.717, 1.165) is 21.8 Å². The molecule has 0 heterocycles. The maximum Gasteiger partial charge on any atom is 0.243 e. The molecule has 0 saturated heterocycles. The lowest BCUT2D eigenvalue weighted by atomic mass is 10.00. The highest BCUT2D eigenvalue weighted by Gasteiger charge is 2.32. The lowest BCUT2D eigenvalue weighted by Crippen LogP contribution is -2.54. The van der Waals surface area contributed by atoms with Gasteiger partial charge < -0.3 is 10.2 Å². The van der Waals surface area contributed by atoms with E-state index in [1.54, 1.807) is 16.7 Å². The summed E-state index contributed by atoms with van der Waals surface area (Å²) < 4.78 is 0. The maximum atomic E-state index is 13.7. The van der Waals surface area contributed by atoms with Gasteiger partial charge in [-0.15, -0.1) is 11.8 Å². The quantitative estimate of drug-likeness (QED) is 0.197. The lowest BCUT2D eigenvalue weighted by molar-refractivity contribution is -0.142. The Kier molecular flexibility index (Phi) is 10.9. The van der Waals surface area contributed by atoms with Crippen molar-refractivity contribution in [1.29, 1.82) is 0 Å². The molecule has 3 rings (SSSR count). The molecule has 0 radical (unpaired) electrons. The number of nitrogens with zero attached hydrogens (tertiary/aromatic N) is 1. The monoisotopic (exact) mass is 556 g/mol. The number of hydrogen-bond acceptors (Lipinski definition) is 3. The van der Waals surface area contributed by atoms with Crippen molar-refractivity contribution in [2.75, 3.05) is 5.75 Å². The lowest BCUT2D eigenvalue weighted by Gasteiger charge is -2.34. The van der Waals surface area contributed by atoms with E-state index in [0.29, 0.717) is 35.9 Å². The normalized spacial score (nSPS) is 12.1. The molecule has 196 valence electrons. The van der Waals surface area contributed by atoms with E-state index in [1.807, 2.05) is 99.6 Å². The molecule has 37 heavy (non-hydrogen) atoms. The summed E-state index contributed by atoms with van der Waals surface area (Å²) in [6.45, 7) is 6.17. The van der Waals surface area contributed by atoms with Gasteiger partial charge in [0.2, 0.25) is 11.8 Å². The minimum Gasteiger partial charge on any atom is -0.350 e. The average molecular weight is 558 g/mol. The molecule has 0 bridgehead atoms. The van der Waals surface area contributed by atoms with E-state index in [2.05, 4.69) is 5.32 Å². The van der Waals surface area contributed by atoms with Crippen LogP contribution in [0.3, 0.4) is 0 Å². The Bertz CT molecular complexity index is 1150. The van der Waals surface area contributed by atoms with Gasteiger partial charge >= 0.3 is 0 Å². The number of benzene rings is 3. The van der Waals surface area contributed by atoms with Gasteiger partial charge in [0.1, 0.15) is 6.04 Å². The van der Waals surface area contributed by atoms with Crippen molar-refractivity contribution in [3.63, 3.8) is 0 Å². The number of rotatable bonds is 11. The second-order valence-corrected chi connectivity index (χ2v) is 12.0. The summed E-state index contributed by atoms with van der Waals surface area (Å²) in [7, 11) is 0. The van der Waals surface area contributed by atoms with Gasteiger partial charge in [-0.2, -0.15) is 0 Å². The Morgan fingerprint density at radius 1 is 0.865 bits per heavy atom. The number of thioether (sulfide) groups is 1. The number of carbonyl (C=O) groups excluding carboxylic acids is 2. The van der Waals surface area contributed by atoms with Crippen molar-refractivity contribution in [2.45, 2.75) is 63.1 Å². The molecule has 0 aliphatic carbocycles. The van der Waals surface area contributed by atoms with E-state index in [1.165, 1.54) is 0 Å². The highest BCUT2D eigenvalue weighted by molar-refractivity contribution is 7.99. The van der Waals surface area contributed by atoms with Crippen LogP contribution in [0.15, 0.2) is 83.8 Å². The minimum atomic E-state index is -0.645. The molecule has 1 N–H and O–H groups in total. The first-order valence-electron chi connectivity index (χ1n) is 12.4. The summed E-state index contributed by atoms with van der Waals surface area (Å²) in [5.41, 5.74) is 1.51. The van der Waals surface area contributed by atoms with Crippen LogP contribution in [-0.2, 0) is 22.6 Å². The first kappa shape index (κ1) is 29.1. The van der Waals surface area contributed by atoms with Gasteiger partial charge in [-0.05, 0) is 80.5 Å². The molecule has 0 aliphatic rings. The fourth-order valence-corrected chi connectivity index (χ4v) is 4.99. The number of hydrogen-bond donors (Lipinski definition) is 1. The molecule has 0 spiro atoms. The van der Waals surface area contributed by atoms with Crippen molar-refractivity contribution >= 4 is 46.8 Å². The molecule has 0 aromatic heterocycles. The van der Waals surface area contributed by atoms with Gasteiger partial charge in [-0.1, -0.05) is 65.7 Å². The molecular formula is C30H34Cl2N2O2S. The van der Waals surface area contributed by atoms with Gasteiger partial charge in [0.25, 0.3) is 0 Å². The zero-order valence-electron chi connectivity index (χ0n) is 21.5. The third kappa shape index (κ3) is 10.1. The summed E-state index contributed by atoms with van der Waals surface area (Å²) in [5.74, 6) is 0.588. The molecule has 1 unspecified atom stereocenters. The second kappa shape index (κ2) is 13.9. The standard InChI is InChI=1S/C30H34Cl2N2O2S/c1-30(2,3)33-29(36)27(20-22-8-5-4-6-9-22)34(21-23-11-13-24(31)14-12-23)28(35)10-7-19-37-26-17-15-25(32)16-18-26/h4-6,8-9,11-18,27H,7,10,19-21H2,1-3H3,(H,33,36).